The van der Waals surface area contributed by atoms with E-state index in [4.69, 9.17) is 4.74 Å². The fraction of sp³-hybridized carbons (Fsp3) is 0.500. The summed E-state index contributed by atoms with van der Waals surface area (Å²) in [6.07, 6.45) is 6.27. The molecule has 0 aromatic carbocycles. The second-order valence-corrected chi connectivity index (χ2v) is 2.66. The molecule has 0 spiro atoms. The van der Waals surface area contributed by atoms with Gasteiger partial charge in [-0.2, -0.15) is 0 Å². The number of ether oxygens (including phenoxy) is 1. The first-order valence-electron chi connectivity index (χ1n) is 4.39. The summed E-state index contributed by atoms with van der Waals surface area (Å²) in [6, 6.07) is 5.49. The van der Waals surface area contributed by atoms with Crippen molar-refractivity contribution in [2.45, 2.75) is 26.2 Å². The van der Waals surface area contributed by atoms with Crippen molar-refractivity contribution in [3.8, 4) is 5.88 Å². The van der Waals surface area contributed by atoms with Crippen LogP contribution >= 0.6 is 0 Å². The molecule has 0 aliphatic rings. The minimum Gasteiger partial charge on any atom is -0.478 e. The average molecular weight is 164 g/mol. The SMILES string of the molecule is CCCCCOc1ccc[c]n1. The summed E-state index contributed by atoms with van der Waals surface area (Å²) in [7, 11) is 0. The molecular formula is C10H14NO. The fourth-order valence-corrected chi connectivity index (χ4v) is 0.921. The maximum atomic E-state index is 5.37. The lowest BCUT2D eigenvalue weighted by Gasteiger charge is -2.02. The second kappa shape index (κ2) is 5.58. The van der Waals surface area contributed by atoms with Gasteiger partial charge in [0.05, 0.1) is 12.8 Å². The molecule has 0 saturated carbocycles. The van der Waals surface area contributed by atoms with E-state index in [1.165, 1.54) is 12.8 Å². The Labute approximate surface area is 73.6 Å². The summed E-state index contributed by atoms with van der Waals surface area (Å²) in [6.45, 7) is 2.94. The van der Waals surface area contributed by atoms with Crippen molar-refractivity contribution in [1.82, 2.24) is 4.98 Å². The Morgan fingerprint density at radius 2 is 2.42 bits per heavy atom. The highest BCUT2D eigenvalue weighted by Gasteiger charge is 1.91. The Kier molecular flexibility index (Phi) is 4.21. The van der Waals surface area contributed by atoms with Gasteiger partial charge in [0.2, 0.25) is 5.88 Å². The van der Waals surface area contributed by atoms with Crippen molar-refractivity contribution in [1.29, 1.82) is 0 Å². The van der Waals surface area contributed by atoms with Crippen LogP contribution in [0.1, 0.15) is 26.2 Å². The van der Waals surface area contributed by atoms with Gasteiger partial charge in [0.1, 0.15) is 0 Å². The monoisotopic (exact) mass is 164 g/mol. The molecule has 0 atom stereocenters. The third-order valence-corrected chi connectivity index (χ3v) is 1.58. The minimum atomic E-state index is 0.675. The van der Waals surface area contributed by atoms with Crippen LogP contribution < -0.4 is 4.74 Å². The molecule has 1 radical (unpaired) electrons. The van der Waals surface area contributed by atoms with E-state index in [0.29, 0.717) is 5.88 Å². The van der Waals surface area contributed by atoms with Crippen LogP contribution in [0, 0.1) is 6.20 Å². The molecule has 0 saturated heterocycles. The molecule has 0 fully saturated rings. The first-order valence-corrected chi connectivity index (χ1v) is 4.39. The average Bonchev–Trinajstić information content (AvgIpc) is 2.14. The lowest BCUT2D eigenvalue weighted by Crippen LogP contribution is -1.98. The molecule has 0 N–H and O–H groups in total. The molecule has 0 unspecified atom stereocenters. The topological polar surface area (TPSA) is 22.1 Å². The standard InChI is InChI=1S/C10H14NO/c1-2-3-6-9-12-10-7-4-5-8-11-10/h4-5,7H,2-3,6,9H2,1H3. The van der Waals surface area contributed by atoms with Gasteiger partial charge in [-0.3, -0.25) is 0 Å². The van der Waals surface area contributed by atoms with Crippen molar-refractivity contribution in [2.24, 2.45) is 0 Å². The predicted octanol–water partition coefficient (Wildman–Crippen LogP) is 2.45. The van der Waals surface area contributed by atoms with E-state index in [-0.39, 0.29) is 0 Å². The smallest absolute Gasteiger partial charge is 0.213 e. The lowest BCUT2D eigenvalue weighted by atomic mass is 10.3. The van der Waals surface area contributed by atoms with E-state index in [2.05, 4.69) is 18.1 Å². The highest BCUT2D eigenvalue weighted by Crippen LogP contribution is 2.04. The number of hydrogen-bond acceptors (Lipinski definition) is 2. The zero-order valence-corrected chi connectivity index (χ0v) is 7.42. The normalized spacial score (nSPS) is 9.75. The number of pyridine rings is 1. The summed E-state index contributed by atoms with van der Waals surface area (Å²) in [5.74, 6) is 0.675. The zero-order valence-electron chi connectivity index (χ0n) is 7.42. The maximum Gasteiger partial charge on any atom is 0.213 e. The van der Waals surface area contributed by atoms with Gasteiger partial charge in [-0.25, -0.2) is 4.98 Å². The van der Waals surface area contributed by atoms with Crippen LogP contribution in [-0.4, -0.2) is 11.6 Å². The molecule has 1 rings (SSSR count). The largest absolute Gasteiger partial charge is 0.478 e. The van der Waals surface area contributed by atoms with Gasteiger partial charge in [-0.1, -0.05) is 25.8 Å². The summed E-state index contributed by atoms with van der Waals surface area (Å²) in [5, 5.41) is 0. The van der Waals surface area contributed by atoms with Crippen molar-refractivity contribution in [3.05, 3.63) is 24.4 Å². The van der Waals surface area contributed by atoms with Crippen LogP contribution in [0.3, 0.4) is 0 Å². The number of rotatable bonds is 5. The first kappa shape index (κ1) is 9.04. The van der Waals surface area contributed by atoms with E-state index in [0.717, 1.165) is 13.0 Å². The quantitative estimate of drug-likeness (QED) is 0.623. The molecular weight excluding hydrogens is 150 g/mol. The molecule has 0 aliphatic carbocycles. The maximum absolute atomic E-state index is 5.37. The Balaban J connectivity index is 2.16. The molecule has 2 heteroatoms. The van der Waals surface area contributed by atoms with Gasteiger partial charge in [-0.05, 0) is 12.5 Å². The van der Waals surface area contributed by atoms with E-state index in [1.54, 1.807) is 6.07 Å². The highest BCUT2D eigenvalue weighted by molar-refractivity contribution is 5.08. The molecule has 65 valence electrons. The minimum absolute atomic E-state index is 0.675. The molecule has 2 nitrogen and oxygen atoms in total. The Morgan fingerprint density at radius 1 is 1.50 bits per heavy atom. The van der Waals surface area contributed by atoms with Gasteiger partial charge < -0.3 is 4.74 Å². The molecule has 0 amide bonds. The number of nitrogens with zero attached hydrogens (tertiary/aromatic N) is 1. The van der Waals surface area contributed by atoms with Crippen LogP contribution in [0.15, 0.2) is 18.2 Å². The van der Waals surface area contributed by atoms with Crippen molar-refractivity contribution in [2.75, 3.05) is 6.61 Å². The Hall–Kier alpha value is -1.05. The number of hydrogen-bond donors (Lipinski definition) is 0. The summed E-state index contributed by atoms with van der Waals surface area (Å²) in [4.78, 5) is 3.93. The van der Waals surface area contributed by atoms with Gasteiger partial charge in [0.25, 0.3) is 0 Å². The highest BCUT2D eigenvalue weighted by atomic mass is 16.5. The summed E-state index contributed by atoms with van der Waals surface area (Å²) in [5.41, 5.74) is 0. The third kappa shape index (κ3) is 3.37. The van der Waals surface area contributed by atoms with Gasteiger partial charge in [0, 0.05) is 6.07 Å². The predicted molar refractivity (Wildman–Crippen MR) is 48.1 cm³/mol. The van der Waals surface area contributed by atoms with Crippen LogP contribution in [0.4, 0.5) is 0 Å². The number of aromatic nitrogens is 1. The summed E-state index contributed by atoms with van der Waals surface area (Å²) >= 11 is 0. The van der Waals surface area contributed by atoms with Crippen molar-refractivity contribution >= 4 is 0 Å². The van der Waals surface area contributed by atoms with Crippen LogP contribution in [-0.2, 0) is 0 Å². The molecule has 1 heterocycles. The molecule has 1 aromatic rings. The number of unbranched alkanes of at least 4 members (excludes halogenated alkanes) is 2. The van der Waals surface area contributed by atoms with Crippen molar-refractivity contribution in [3.63, 3.8) is 0 Å². The van der Waals surface area contributed by atoms with E-state index in [9.17, 15) is 0 Å². The van der Waals surface area contributed by atoms with Crippen LogP contribution in [0.2, 0.25) is 0 Å². The Morgan fingerprint density at radius 3 is 3.08 bits per heavy atom. The van der Waals surface area contributed by atoms with E-state index in [1.807, 2.05) is 12.1 Å². The van der Waals surface area contributed by atoms with E-state index >= 15 is 0 Å². The fourth-order valence-electron chi connectivity index (χ4n) is 0.921. The molecule has 0 bridgehead atoms. The van der Waals surface area contributed by atoms with Gasteiger partial charge >= 0.3 is 0 Å². The van der Waals surface area contributed by atoms with Gasteiger partial charge in [-0.15, -0.1) is 0 Å². The first-order chi connectivity index (χ1) is 5.93. The van der Waals surface area contributed by atoms with Crippen LogP contribution in [0.5, 0.6) is 5.88 Å². The molecule has 1 aromatic heterocycles. The lowest BCUT2D eigenvalue weighted by molar-refractivity contribution is 0.295. The third-order valence-electron chi connectivity index (χ3n) is 1.58. The molecule has 12 heavy (non-hydrogen) atoms. The molecule has 0 aliphatic heterocycles. The Bertz CT molecular complexity index is 198. The van der Waals surface area contributed by atoms with Crippen LogP contribution in [0.25, 0.3) is 0 Å². The van der Waals surface area contributed by atoms with Crippen molar-refractivity contribution < 1.29 is 4.74 Å². The van der Waals surface area contributed by atoms with Gasteiger partial charge in [0.15, 0.2) is 0 Å². The zero-order chi connectivity index (χ0) is 8.65. The summed E-state index contributed by atoms with van der Waals surface area (Å²) < 4.78 is 5.37. The van der Waals surface area contributed by atoms with E-state index < -0.39 is 0 Å². The second-order valence-electron chi connectivity index (χ2n) is 2.66.